The SMILES string of the molecule is O=C(N[C@H](/C=C1/CCC[C@H]1C(=O)NCCc1c[nH]c2ccccc12)CO)OCC1c2ccccc2-c2ccccc21. The van der Waals surface area contributed by atoms with Crippen LogP contribution in [-0.2, 0) is 16.0 Å². The predicted octanol–water partition coefficient (Wildman–Crippen LogP) is 5.45. The van der Waals surface area contributed by atoms with Crippen LogP contribution in [0, 0.1) is 5.92 Å². The summed E-state index contributed by atoms with van der Waals surface area (Å²) >= 11 is 0. The smallest absolute Gasteiger partial charge is 0.407 e. The first kappa shape index (κ1) is 26.8. The summed E-state index contributed by atoms with van der Waals surface area (Å²) in [5, 5.41) is 17.1. The molecule has 2 atom stereocenters. The Bertz CT molecular complexity index is 1540. The summed E-state index contributed by atoms with van der Waals surface area (Å²) in [6, 6.07) is 23.9. The highest BCUT2D eigenvalue weighted by Crippen LogP contribution is 2.44. The van der Waals surface area contributed by atoms with Crippen molar-refractivity contribution >= 4 is 22.9 Å². The molecule has 0 aliphatic heterocycles. The van der Waals surface area contributed by atoms with E-state index in [0.29, 0.717) is 6.54 Å². The lowest BCUT2D eigenvalue weighted by molar-refractivity contribution is -0.123. The van der Waals surface area contributed by atoms with Crippen LogP contribution in [0.15, 0.2) is 90.6 Å². The van der Waals surface area contributed by atoms with E-state index in [1.54, 1.807) is 0 Å². The van der Waals surface area contributed by atoms with Crippen LogP contribution in [0.4, 0.5) is 4.79 Å². The molecule has 0 unspecified atom stereocenters. The third-order valence-corrected chi connectivity index (χ3v) is 8.35. The van der Waals surface area contributed by atoms with Crippen LogP contribution in [-0.4, -0.2) is 47.9 Å². The van der Waals surface area contributed by atoms with Crippen LogP contribution in [0.25, 0.3) is 22.0 Å². The number of alkyl carbamates (subject to hydrolysis) is 1. The molecular formula is C34H35N3O4. The Labute approximate surface area is 239 Å². The number of para-hydroxylation sites is 1. The summed E-state index contributed by atoms with van der Waals surface area (Å²) in [4.78, 5) is 29.1. The number of amides is 2. The van der Waals surface area contributed by atoms with Crippen molar-refractivity contribution in [2.45, 2.75) is 37.6 Å². The van der Waals surface area contributed by atoms with E-state index >= 15 is 0 Å². The molecule has 210 valence electrons. The van der Waals surface area contributed by atoms with Crippen molar-refractivity contribution in [3.63, 3.8) is 0 Å². The summed E-state index contributed by atoms with van der Waals surface area (Å²) < 4.78 is 5.66. The van der Waals surface area contributed by atoms with E-state index in [2.05, 4.69) is 45.9 Å². The van der Waals surface area contributed by atoms with Crippen molar-refractivity contribution in [1.29, 1.82) is 0 Å². The van der Waals surface area contributed by atoms with Crippen LogP contribution in [0.1, 0.15) is 41.9 Å². The first-order valence-electron chi connectivity index (χ1n) is 14.4. The van der Waals surface area contributed by atoms with Crippen molar-refractivity contribution in [2.24, 2.45) is 5.92 Å². The van der Waals surface area contributed by atoms with Crippen molar-refractivity contribution in [1.82, 2.24) is 15.6 Å². The molecule has 0 bridgehead atoms. The van der Waals surface area contributed by atoms with Gasteiger partial charge in [-0.15, -0.1) is 0 Å². The van der Waals surface area contributed by atoms with Crippen LogP contribution in [0.3, 0.4) is 0 Å². The second-order valence-electron chi connectivity index (χ2n) is 10.8. The first-order valence-corrected chi connectivity index (χ1v) is 14.4. The number of hydrogen-bond acceptors (Lipinski definition) is 4. The van der Waals surface area contributed by atoms with Crippen LogP contribution in [0.5, 0.6) is 0 Å². The second kappa shape index (κ2) is 12.0. The second-order valence-corrected chi connectivity index (χ2v) is 10.8. The van der Waals surface area contributed by atoms with E-state index in [-0.39, 0.29) is 31.0 Å². The third-order valence-electron chi connectivity index (χ3n) is 8.35. The highest BCUT2D eigenvalue weighted by molar-refractivity contribution is 5.84. The lowest BCUT2D eigenvalue weighted by Crippen LogP contribution is -2.38. The molecule has 6 rings (SSSR count). The zero-order valence-electron chi connectivity index (χ0n) is 22.9. The fourth-order valence-electron chi connectivity index (χ4n) is 6.34. The molecule has 4 aromatic rings. The normalized spacial score (nSPS) is 17.8. The quantitative estimate of drug-likeness (QED) is 0.208. The Morgan fingerprint density at radius 3 is 2.46 bits per heavy atom. The Kier molecular flexibility index (Phi) is 7.87. The molecule has 0 spiro atoms. The Morgan fingerprint density at radius 2 is 1.71 bits per heavy atom. The molecule has 1 aromatic heterocycles. The number of aliphatic hydroxyl groups is 1. The number of aromatic nitrogens is 1. The highest BCUT2D eigenvalue weighted by atomic mass is 16.5. The van der Waals surface area contributed by atoms with E-state index < -0.39 is 12.1 Å². The number of rotatable bonds is 9. The predicted molar refractivity (Wildman–Crippen MR) is 160 cm³/mol. The number of nitrogens with one attached hydrogen (secondary N) is 3. The minimum atomic E-state index is -0.625. The Balaban J connectivity index is 1.03. The number of ether oxygens (including phenoxy) is 1. The summed E-state index contributed by atoms with van der Waals surface area (Å²) in [6.07, 6.45) is 6.41. The topological polar surface area (TPSA) is 103 Å². The van der Waals surface area contributed by atoms with Gasteiger partial charge in [-0.3, -0.25) is 4.79 Å². The lowest BCUT2D eigenvalue weighted by Gasteiger charge is -2.18. The van der Waals surface area contributed by atoms with Gasteiger partial charge in [0.1, 0.15) is 6.61 Å². The molecule has 41 heavy (non-hydrogen) atoms. The number of benzene rings is 3. The minimum Gasteiger partial charge on any atom is -0.449 e. The molecule has 2 amide bonds. The van der Waals surface area contributed by atoms with Gasteiger partial charge in [0.25, 0.3) is 0 Å². The van der Waals surface area contributed by atoms with Crippen molar-refractivity contribution in [3.05, 3.63) is 107 Å². The van der Waals surface area contributed by atoms with Gasteiger partial charge in [-0.05, 0) is 59.6 Å². The maximum Gasteiger partial charge on any atom is 0.407 e. The number of H-pyrrole nitrogens is 1. The molecule has 0 saturated heterocycles. The van der Waals surface area contributed by atoms with Gasteiger partial charge in [-0.1, -0.05) is 78.4 Å². The molecule has 3 aromatic carbocycles. The first-order chi connectivity index (χ1) is 20.1. The van der Waals surface area contributed by atoms with Crippen molar-refractivity contribution < 1.29 is 19.4 Å². The number of fused-ring (bicyclic) bond motifs is 4. The van der Waals surface area contributed by atoms with Gasteiger partial charge in [-0.25, -0.2) is 4.79 Å². The zero-order chi connectivity index (χ0) is 28.2. The molecule has 1 saturated carbocycles. The van der Waals surface area contributed by atoms with Crippen LogP contribution < -0.4 is 10.6 Å². The average molecular weight is 550 g/mol. The zero-order valence-corrected chi connectivity index (χ0v) is 22.9. The molecule has 2 aliphatic rings. The van der Waals surface area contributed by atoms with Gasteiger partial charge in [-0.2, -0.15) is 0 Å². The number of aliphatic hydroxyl groups excluding tert-OH is 1. The molecule has 0 radical (unpaired) electrons. The monoisotopic (exact) mass is 549 g/mol. The van der Waals surface area contributed by atoms with E-state index in [1.165, 1.54) is 22.1 Å². The van der Waals surface area contributed by atoms with Crippen molar-refractivity contribution in [2.75, 3.05) is 19.8 Å². The fourth-order valence-corrected chi connectivity index (χ4v) is 6.34. The molecule has 1 heterocycles. The maximum absolute atomic E-state index is 13.1. The summed E-state index contributed by atoms with van der Waals surface area (Å²) in [5.74, 6) is -0.297. The number of hydrogen-bond donors (Lipinski definition) is 4. The lowest BCUT2D eigenvalue weighted by atomic mass is 9.98. The van der Waals surface area contributed by atoms with Gasteiger partial charge in [0, 0.05) is 29.6 Å². The highest BCUT2D eigenvalue weighted by Gasteiger charge is 2.30. The number of aromatic amines is 1. The van der Waals surface area contributed by atoms with Crippen LogP contribution >= 0.6 is 0 Å². The Morgan fingerprint density at radius 1 is 1.00 bits per heavy atom. The average Bonchev–Trinajstić information content (AvgIpc) is 3.72. The van der Waals surface area contributed by atoms with Crippen molar-refractivity contribution in [3.8, 4) is 11.1 Å². The molecule has 4 N–H and O–H groups in total. The van der Waals surface area contributed by atoms with Crippen LogP contribution in [0.2, 0.25) is 0 Å². The Hall–Kier alpha value is -4.36. The number of carbonyl (C=O) groups is 2. The largest absolute Gasteiger partial charge is 0.449 e. The number of carbonyl (C=O) groups excluding carboxylic acids is 2. The standard InChI is InChI=1S/C34H35N3O4/c38-20-24(37-34(40)41-21-31-29-12-3-1-10-27(29)28-11-2-4-13-30(28)31)18-22-8-7-14-26(22)33(39)35-17-16-23-19-36-32-15-6-5-9-25(23)32/h1-6,9-13,15,18-19,24,26,31,36,38H,7-8,14,16-17,20-21H2,(H,35,39)(H,37,40)/b22-18-/t24-,26-/m1/s1. The summed E-state index contributed by atoms with van der Waals surface area (Å²) in [5.41, 5.74) is 7.85. The van der Waals surface area contributed by atoms with Gasteiger partial charge >= 0.3 is 6.09 Å². The molecule has 7 nitrogen and oxygen atoms in total. The maximum atomic E-state index is 13.1. The molecule has 7 heteroatoms. The summed E-state index contributed by atoms with van der Waals surface area (Å²) in [6.45, 7) is 0.477. The van der Waals surface area contributed by atoms with E-state index in [0.717, 1.165) is 47.9 Å². The van der Waals surface area contributed by atoms with E-state index in [9.17, 15) is 14.7 Å². The van der Waals surface area contributed by atoms with Gasteiger partial charge in [0.15, 0.2) is 0 Å². The van der Waals surface area contributed by atoms with Gasteiger partial charge in [0.05, 0.1) is 18.6 Å². The van der Waals surface area contributed by atoms with Gasteiger partial charge < -0.3 is 25.5 Å². The van der Waals surface area contributed by atoms with Gasteiger partial charge in [0.2, 0.25) is 5.91 Å². The summed E-state index contributed by atoms with van der Waals surface area (Å²) in [7, 11) is 0. The third kappa shape index (κ3) is 5.63. The molecule has 1 fully saturated rings. The van der Waals surface area contributed by atoms with E-state index in [4.69, 9.17) is 4.74 Å². The minimum absolute atomic E-state index is 0.00794. The fraction of sp³-hybridized carbons (Fsp3) is 0.294. The molecule has 2 aliphatic carbocycles. The molecular weight excluding hydrogens is 514 g/mol. The van der Waals surface area contributed by atoms with E-state index in [1.807, 2.05) is 54.7 Å².